The fourth-order valence-electron chi connectivity index (χ4n) is 2.37. The number of nitrogens with two attached hydrogens (primary N) is 1. The highest BCUT2D eigenvalue weighted by Gasteiger charge is 2.31. The summed E-state index contributed by atoms with van der Waals surface area (Å²) >= 11 is 0. The molecule has 2 aromatic rings. The maximum atomic E-state index is 12.1. The lowest BCUT2D eigenvalue weighted by Crippen LogP contribution is -2.32. The van der Waals surface area contributed by atoms with Gasteiger partial charge < -0.3 is 15.0 Å². The number of aromatic nitrogens is 3. The van der Waals surface area contributed by atoms with Crippen LogP contribution in [0.15, 0.2) is 24.3 Å². The fraction of sp³-hybridized carbons (Fsp3) is 0.385. The number of benzene rings is 1. The third-order valence-corrected chi connectivity index (χ3v) is 3.33. The Morgan fingerprint density at radius 1 is 1.19 bits per heavy atom. The van der Waals surface area contributed by atoms with E-state index in [1.807, 2.05) is 4.57 Å². The normalized spacial score (nSPS) is 18.4. The molecule has 1 aromatic heterocycles. The molecule has 0 saturated carbocycles. The number of ether oxygens (including phenoxy) is 1. The molecule has 0 saturated heterocycles. The van der Waals surface area contributed by atoms with E-state index in [2.05, 4.69) is 14.9 Å². The van der Waals surface area contributed by atoms with Crippen molar-refractivity contribution in [3.8, 4) is 17.1 Å². The average molecular weight is 298 g/mol. The van der Waals surface area contributed by atoms with Crippen molar-refractivity contribution in [3.63, 3.8) is 0 Å². The second-order valence-electron chi connectivity index (χ2n) is 4.92. The summed E-state index contributed by atoms with van der Waals surface area (Å²) in [6, 6.07) is 5.61. The predicted molar refractivity (Wildman–Crippen MR) is 68.4 cm³/mol. The highest BCUT2D eigenvalue weighted by atomic mass is 19.4. The maximum absolute atomic E-state index is 12.1. The number of nitrogens with zero attached hydrogens (tertiary/aromatic N) is 3. The first-order chi connectivity index (χ1) is 9.92. The van der Waals surface area contributed by atoms with Gasteiger partial charge in [-0.3, -0.25) is 0 Å². The summed E-state index contributed by atoms with van der Waals surface area (Å²) in [4.78, 5) is 0. The monoisotopic (exact) mass is 298 g/mol. The Hall–Kier alpha value is -2.09. The number of rotatable bonds is 2. The predicted octanol–water partition coefficient (Wildman–Crippen LogP) is 2.12. The maximum Gasteiger partial charge on any atom is 0.573 e. The Morgan fingerprint density at radius 2 is 1.90 bits per heavy atom. The lowest BCUT2D eigenvalue weighted by atomic mass is 10.1. The van der Waals surface area contributed by atoms with Crippen LogP contribution < -0.4 is 10.5 Å². The molecule has 112 valence electrons. The van der Waals surface area contributed by atoms with E-state index in [0.717, 1.165) is 18.7 Å². The number of aryl methyl sites for hydroxylation is 1. The van der Waals surface area contributed by atoms with Crippen LogP contribution >= 0.6 is 0 Å². The van der Waals surface area contributed by atoms with Crippen LogP contribution in [0.1, 0.15) is 12.2 Å². The number of halogens is 3. The van der Waals surface area contributed by atoms with E-state index in [9.17, 15) is 13.2 Å². The van der Waals surface area contributed by atoms with Crippen molar-refractivity contribution < 1.29 is 17.9 Å². The van der Waals surface area contributed by atoms with E-state index in [0.29, 0.717) is 17.9 Å². The lowest BCUT2D eigenvalue weighted by molar-refractivity contribution is -0.274. The summed E-state index contributed by atoms with van der Waals surface area (Å²) in [5.74, 6) is 1.20. The summed E-state index contributed by atoms with van der Waals surface area (Å²) in [5.41, 5.74) is 6.61. The van der Waals surface area contributed by atoms with Gasteiger partial charge in [-0.05, 0) is 30.7 Å². The summed E-state index contributed by atoms with van der Waals surface area (Å²) in [5, 5.41) is 8.20. The molecular formula is C13H13F3N4O. The molecule has 1 atom stereocenters. The van der Waals surface area contributed by atoms with Crippen LogP contribution in [0.25, 0.3) is 11.4 Å². The molecule has 0 spiro atoms. The largest absolute Gasteiger partial charge is 0.573 e. The standard InChI is InChI=1S/C13H13F3N4O/c14-13(15,16)21-10-4-1-8(2-5-10)12-19-18-11-6-3-9(17)7-20(11)12/h1-2,4-5,9H,3,6-7,17H2. The van der Waals surface area contributed by atoms with Crippen molar-refractivity contribution in [1.29, 1.82) is 0 Å². The number of hydrogen-bond acceptors (Lipinski definition) is 4. The van der Waals surface area contributed by atoms with Crippen molar-refractivity contribution in [2.24, 2.45) is 5.73 Å². The molecule has 3 rings (SSSR count). The summed E-state index contributed by atoms with van der Waals surface area (Å²) in [6.07, 6.45) is -3.08. The summed E-state index contributed by atoms with van der Waals surface area (Å²) < 4.78 is 42.1. The van der Waals surface area contributed by atoms with E-state index in [-0.39, 0.29) is 11.8 Å². The number of fused-ring (bicyclic) bond motifs is 1. The zero-order valence-electron chi connectivity index (χ0n) is 11.0. The summed E-state index contributed by atoms with van der Waals surface area (Å²) in [6.45, 7) is 0.610. The van der Waals surface area contributed by atoms with Gasteiger partial charge in [-0.2, -0.15) is 0 Å². The van der Waals surface area contributed by atoms with E-state index in [4.69, 9.17) is 5.73 Å². The molecule has 2 heterocycles. The Kier molecular flexibility index (Phi) is 3.32. The minimum absolute atomic E-state index is 0.0417. The van der Waals surface area contributed by atoms with Crippen LogP contribution in [0.4, 0.5) is 13.2 Å². The van der Waals surface area contributed by atoms with Gasteiger partial charge in [0.2, 0.25) is 0 Å². The van der Waals surface area contributed by atoms with Crippen LogP contribution in [0.3, 0.4) is 0 Å². The minimum Gasteiger partial charge on any atom is -0.406 e. The fourth-order valence-corrected chi connectivity index (χ4v) is 2.37. The highest BCUT2D eigenvalue weighted by Crippen LogP contribution is 2.27. The molecule has 0 radical (unpaired) electrons. The van der Waals surface area contributed by atoms with Crippen molar-refractivity contribution in [3.05, 3.63) is 30.1 Å². The van der Waals surface area contributed by atoms with E-state index >= 15 is 0 Å². The molecule has 21 heavy (non-hydrogen) atoms. The van der Waals surface area contributed by atoms with Gasteiger partial charge in [-0.25, -0.2) is 0 Å². The van der Waals surface area contributed by atoms with E-state index in [1.54, 1.807) is 0 Å². The average Bonchev–Trinajstić information content (AvgIpc) is 2.81. The first kappa shape index (κ1) is 13.9. The Balaban J connectivity index is 1.87. The highest BCUT2D eigenvalue weighted by molar-refractivity contribution is 5.56. The molecular weight excluding hydrogens is 285 g/mol. The van der Waals surface area contributed by atoms with Gasteiger partial charge in [-0.15, -0.1) is 23.4 Å². The Bertz CT molecular complexity index is 636. The van der Waals surface area contributed by atoms with Gasteiger partial charge in [-0.1, -0.05) is 0 Å². The first-order valence-electron chi connectivity index (χ1n) is 6.46. The van der Waals surface area contributed by atoms with Crippen LogP contribution in [0.5, 0.6) is 5.75 Å². The quantitative estimate of drug-likeness (QED) is 0.922. The molecule has 1 unspecified atom stereocenters. The number of alkyl halides is 3. The van der Waals surface area contributed by atoms with Gasteiger partial charge in [0.15, 0.2) is 5.82 Å². The number of hydrogen-bond donors (Lipinski definition) is 1. The molecule has 1 aromatic carbocycles. The van der Waals surface area contributed by atoms with Gasteiger partial charge in [0.25, 0.3) is 0 Å². The van der Waals surface area contributed by atoms with E-state index in [1.165, 1.54) is 24.3 Å². The smallest absolute Gasteiger partial charge is 0.406 e. The molecule has 0 fully saturated rings. The third-order valence-electron chi connectivity index (χ3n) is 3.33. The van der Waals surface area contributed by atoms with Crippen LogP contribution in [0, 0.1) is 0 Å². The molecule has 0 bridgehead atoms. The van der Waals surface area contributed by atoms with Gasteiger partial charge in [0.1, 0.15) is 11.6 Å². The van der Waals surface area contributed by atoms with Crippen LogP contribution in [0.2, 0.25) is 0 Å². The van der Waals surface area contributed by atoms with Crippen molar-refractivity contribution in [1.82, 2.24) is 14.8 Å². The van der Waals surface area contributed by atoms with Gasteiger partial charge >= 0.3 is 6.36 Å². The molecule has 8 heteroatoms. The van der Waals surface area contributed by atoms with Crippen LogP contribution in [-0.2, 0) is 13.0 Å². The minimum atomic E-state index is -4.69. The van der Waals surface area contributed by atoms with Gasteiger partial charge in [0, 0.05) is 24.6 Å². The molecule has 1 aliphatic heterocycles. The van der Waals surface area contributed by atoms with Crippen LogP contribution in [-0.4, -0.2) is 27.2 Å². The second-order valence-corrected chi connectivity index (χ2v) is 4.92. The summed E-state index contributed by atoms with van der Waals surface area (Å²) in [7, 11) is 0. The first-order valence-corrected chi connectivity index (χ1v) is 6.46. The zero-order chi connectivity index (χ0) is 15.0. The van der Waals surface area contributed by atoms with Crippen molar-refractivity contribution in [2.75, 3.05) is 0 Å². The SMILES string of the molecule is NC1CCc2nnc(-c3ccc(OC(F)(F)F)cc3)n2C1. The lowest BCUT2D eigenvalue weighted by Gasteiger charge is -2.20. The molecule has 5 nitrogen and oxygen atoms in total. The Labute approximate surface area is 118 Å². The van der Waals surface area contributed by atoms with E-state index < -0.39 is 6.36 Å². The third kappa shape index (κ3) is 2.99. The molecule has 0 aliphatic carbocycles. The zero-order valence-corrected chi connectivity index (χ0v) is 11.0. The second kappa shape index (κ2) is 5.03. The topological polar surface area (TPSA) is 66.0 Å². The van der Waals surface area contributed by atoms with Crippen molar-refractivity contribution in [2.45, 2.75) is 31.8 Å². The van der Waals surface area contributed by atoms with Crippen molar-refractivity contribution >= 4 is 0 Å². The molecule has 2 N–H and O–H groups in total. The van der Waals surface area contributed by atoms with Gasteiger partial charge in [0.05, 0.1) is 0 Å². The Morgan fingerprint density at radius 3 is 2.57 bits per heavy atom. The molecule has 1 aliphatic rings. The molecule has 0 amide bonds.